The Morgan fingerprint density at radius 3 is 2.64 bits per heavy atom. The van der Waals surface area contributed by atoms with Crippen LogP contribution in [0.25, 0.3) is 11.2 Å². The molecule has 0 aliphatic carbocycles. The van der Waals surface area contributed by atoms with Crippen LogP contribution in [-0.4, -0.2) is 72.7 Å². The van der Waals surface area contributed by atoms with Crippen molar-refractivity contribution in [3.05, 3.63) is 79.2 Å². The number of fused-ring (bicyclic) bond motifs is 2. The Morgan fingerprint density at radius 2 is 1.82 bits per heavy atom. The zero-order valence-corrected chi connectivity index (χ0v) is 21.4. The van der Waals surface area contributed by atoms with E-state index in [4.69, 9.17) is 10.5 Å². The maximum atomic E-state index is 12.3. The maximum Gasteiger partial charge on any atom is 0.246 e. The summed E-state index contributed by atoms with van der Waals surface area (Å²) in [7, 11) is 0. The summed E-state index contributed by atoms with van der Waals surface area (Å²) in [6.45, 7) is 5.04. The summed E-state index contributed by atoms with van der Waals surface area (Å²) in [6, 6.07) is 11.6. The van der Waals surface area contributed by atoms with Crippen LogP contribution in [0.2, 0.25) is 0 Å². The van der Waals surface area contributed by atoms with Crippen molar-refractivity contribution < 1.29 is 9.53 Å². The molecule has 12 nitrogen and oxygen atoms in total. The van der Waals surface area contributed by atoms with Crippen molar-refractivity contribution in [3.63, 3.8) is 0 Å². The average Bonchev–Trinajstić information content (AvgIpc) is 3.61. The summed E-state index contributed by atoms with van der Waals surface area (Å²) in [6.07, 6.45) is 10.0. The lowest BCUT2D eigenvalue weighted by molar-refractivity contribution is -0.126. The Labute approximate surface area is 224 Å². The largest absolute Gasteiger partial charge is 0.457 e. The molecule has 4 aromatic heterocycles. The van der Waals surface area contributed by atoms with Gasteiger partial charge < -0.3 is 25.6 Å². The van der Waals surface area contributed by atoms with E-state index in [0.717, 1.165) is 33.9 Å². The first kappa shape index (κ1) is 24.4. The molecule has 12 heteroatoms. The van der Waals surface area contributed by atoms with Crippen LogP contribution in [-0.2, 0) is 4.79 Å². The second-order valence-electron chi connectivity index (χ2n) is 9.19. The molecule has 6 rings (SSSR count). The lowest BCUT2D eigenvalue weighted by Crippen LogP contribution is -2.48. The van der Waals surface area contributed by atoms with Crippen molar-refractivity contribution >= 4 is 34.3 Å². The Balaban J connectivity index is 1.19. The second-order valence-corrected chi connectivity index (χ2v) is 9.19. The third kappa shape index (κ3) is 4.97. The van der Waals surface area contributed by atoms with Crippen molar-refractivity contribution in [3.8, 4) is 11.5 Å². The number of aryl methyl sites for hydroxylation is 1. The van der Waals surface area contributed by atoms with Gasteiger partial charge in [-0.1, -0.05) is 6.08 Å². The van der Waals surface area contributed by atoms with Crippen LogP contribution in [0.1, 0.15) is 5.56 Å². The summed E-state index contributed by atoms with van der Waals surface area (Å²) in [5, 5.41) is 12.0. The van der Waals surface area contributed by atoms with Crippen LogP contribution in [0.5, 0.6) is 11.5 Å². The fraction of sp³-hybridized carbons (Fsp3) is 0.222. The number of carbonyl (C=O) groups excluding carboxylic acids is 1. The van der Waals surface area contributed by atoms with Gasteiger partial charge in [-0.2, -0.15) is 10.2 Å². The molecule has 1 amide bonds. The fourth-order valence-electron chi connectivity index (χ4n) is 4.69. The Morgan fingerprint density at radius 1 is 1.03 bits per heavy atom. The van der Waals surface area contributed by atoms with E-state index in [0.29, 0.717) is 44.3 Å². The number of hydrogen-bond donors (Lipinski definition) is 2. The number of nitrogens with one attached hydrogen (secondary N) is 1. The average molecular weight is 525 g/mol. The third-order valence-electron chi connectivity index (χ3n) is 6.68. The maximum absolute atomic E-state index is 12.3. The van der Waals surface area contributed by atoms with Crippen molar-refractivity contribution in [1.82, 2.24) is 34.1 Å². The molecule has 3 N–H and O–H groups in total. The van der Waals surface area contributed by atoms with E-state index in [1.54, 1.807) is 16.7 Å². The van der Waals surface area contributed by atoms with Crippen LogP contribution in [0.15, 0.2) is 73.6 Å². The molecule has 0 saturated carbocycles. The third-order valence-corrected chi connectivity index (χ3v) is 6.68. The van der Waals surface area contributed by atoms with Gasteiger partial charge in [0.15, 0.2) is 11.5 Å². The predicted molar refractivity (Wildman–Crippen MR) is 147 cm³/mol. The molecule has 39 heavy (non-hydrogen) atoms. The number of rotatable bonds is 7. The Kier molecular flexibility index (Phi) is 6.51. The zero-order valence-electron chi connectivity index (χ0n) is 21.4. The predicted octanol–water partition coefficient (Wildman–Crippen LogP) is 2.78. The monoisotopic (exact) mass is 524 g/mol. The molecule has 0 radical (unpaired) electrons. The number of hydrogen-bond acceptors (Lipinski definition) is 9. The number of carbonyl (C=O) groups is 1. The van der Waals surface area contributed by atoms with Crippen LogP contribution in [0, 0.1) is 6.92 Å². The number of ether oxygens (including phenoxy) is 1. The molecule has 1 aliphatic heterocycles. The second kappa shape index (κ2) is 10.4. The molecule has 5 heterocycles. The number of nitrogens with zero attached hydrogens (tertiary/aromatic N) is 8. The molecular weight excluding hydrogens is 496 g/mol. The quantitative estimate of drug-likeness (QED) is 0.309. The number of aromatic nitrogens is 6. The molecule has 1 aromatic carbocycles. The lowest BCUT2D eigenvalue weighted by Gasteiger charge is -2.35. The van der Waals surface area contributed by atoms with Gasteiger partial charge in [-0.3, -0.25) is 4.79 Å². The SMILES string of the molecule is Cc1cc(Nc2ncnn3ccc(N4CCN(C(=O)/C=C/CN)CC4)c23)ccc1Oc1ccn2ncnc2c1. The first-order valence-corrected chi connectivity index (χ1v) is 12.7. The van der Waals surface area contributed by atoms with Gasteiger partial charge in [0.2, 0.25) is 5.91 Å². The molecule has 5 aromatic rings. The van der Waals surface area contributed by atoms with E-state index >= 15 is 0 Å². The van der Waals surface area contributed by atoms with Gasteiger partial charge in [0.25, 0.3) is 0 Å². The normalized spacial score (nSPS) is 14.0. The summed E-state index contributed by atoms with van der Waals surface area (Å²) in [5.41, 5.74) is 9.93. The molecule has 198 valence electrons. The van der Waals surface area contributed by atoms with Gasteiger partial charge in [-0.05, 0) is 42.8 Å². The molecule has 0 atom stereocenters. The van der Waals surface area contributed by atoms with Crippen molar-refractivity contribution in [2.45, 2.75) is 6.92 Å². The summed E-state index contributed by atoms with van der Waals surface area (Å²) in [5.74, 6) is 2.12. The standard InChI is InChI=1S/C27H28N10O2/c1-19-15-20(4-5-23(19)39-21-6-9-36-24(16-21)29-17-31-36)33-27-26-22(7-10-37(26)32-18-30-27)34-11-13-35(14-12-34)25(38)3-2-8-28/h2-7,9-10,15-18H,8,11-14,28H2,1H3,(H,30,32,33)/b3-2+. The van der Waals surface area contributed by atoms with E-state index < -0.39 is 0 Å². The minimum absolute atomic E-state index is 0.00518. The van der Waals surface area contributed by atoms with Gasteiger partial charge in [0.05, 0.1) is 5.69 Å². The highest BCUT2D eigenvalue weighted by molar-refractivity contribution is 5.89. The van der Waals surface area contributed by atoms with Crippen molar-refractivity contribution in [2.75, 3.05) is 42.9 Å². The van der Waals surface area contributed by atoms with Gasteiger partial charge in [0.1, 0.15) is 29.7 Å². The van der Waals surface area contributed by atoms with Gasteiger partial charge >= 0.3 is 0 Å². The van der Waals surface area contributed by atoms with Crippen LogP contribution in [0.3, 0.4) is 0 Å². The van der Waals surface area contributed by atoms with E-state index in [2.05, 4.69) is 30.4 Å². The minimum Gasteiger partial charge on any atom is -0.457 e. The highest BCUT2D eigenvalue weighted by atomic mass is 16.5. The van der Waals surface area contributed by atoms with Gasteiger partial charge in [-0.15, -0.1) is 0 Å². The van der Waals surface area contributed by atoms with Crippen LogP contribution < -0.4 is 20.7 Å². The Hall–Kier alpha value is -4.97. The summed E-state index contributed by atoms with van der Waals surface area (Å²) >= 11 is 0. The van der Waals surface area contributed by atoms with Gasteiger partial charge in [0, 0.05) is 62.9 Å². The highest BCUT2D eigenvalue weighted by Crippen LogP contribution is 2.32. The van der Waals surface area contributed by atoms with Gasteiger partial charge in [-0.25, -0.2) is 19.0 Å². The molecule has 1 fully saturated rings. The number of anilines is 3. The van der Waals surface area contributed by atoms with E-state index in [1.165, 1.54) is 12.7 Å². The van der Waals surface area contributed by atoms with Crippen LogP contribution in [0.4, 0.5) is 17.2 Å². The number of piperazine rings is 1. The zero-order chi connectivity index (χ0) is 26.8. The summed E-state index contributed by atoms with van der Waals surface area (Å²) in [4.78, 5) is 25.2. The topological polar surface area (TPSA) is 131 Å². The van der Waals surface area contributed by atoms with E-state index in [-0.39, 0.29) is 5.91 Å². The molecule has 1 saturated heterocycles. The number of nitrogens with two attached hydrogens (primary N) is 1. The van der Waals surface area contributed by atoms with E-state index in [9.17, 15) is 4.79 Å². The highest BCUT2D eigenvalue weighted by Gasteiger charge is 2.23. The first-order valence-electron chi connectivity index (χ1n) is 12.7. The number of pyridine rings is 1. The first-order chi connectivity index (χ1) is 19.1. The van der Waals surface area contributed by atoms with E-state index in [1.807, 2.05) is 65.1 Å². The fourth-order valence-corrected chi connectivity index (χ4v) is 4.69. The lowest BCUT2D eigenvalue weighted by atomic mass is 10.2. The Bertz CT molecular complexity index is 1670. The molecule has 0 unspecified atom stereocenters. The smallest absolute Gasteiger partial charge is 0.246 e. The molecule has 0 bridgehead atoms. The number of benzene rings is 1. The summed E-state index contributed by atoms with van der Waals surface area (Å²) < 4.78 is 9.61. The molecule has 0 spiro atoms. The van der Waals surface area contributed by atoms with Crippen LogP contribution >= 0.6 is 0 Å². The minimum atomic E-state index is -0.00518. The number of amides is 1. The molecule has 1 aliphatic rings. The molecular formula is C27H28N10O2. The van der Waals surface area contributed by atoms with Crippen molar-refractivity contribution in [1.29, 1.82) is 0 Å². The van der Waals surface area contributed by atoms with Crippen molar-refractivity contribution in [2.24, 2.45) is 5.73 Å².